The van der Waals surface area contributed by atoms with Crippen LogP contribution in [0.3, 0.4) is 0 Å². The van der Waals surface area contributed by atoms with Gasteiger partial charge in [-0.25, -0.2) is 9.48 Å². The van der Waals surface area contributed by atoms with Crippen LogP contribution in [0.1, 0.15) is 44.1 Å². The van der Waals surface area contributed by atoms with Gasteiger partial charge in [-0.1, -0.05) is 18.6 Å². The van der Waals surface area contributed by atoms with E-state index in [1.54, 1.807) is 0 Å². The second-order valence-electron chi connectivity index (χ2n) is 4.79. The number of carbonyl (C=O) groups excluding carboxylic acids is 1. The van der Waals surface area contributed by atoms with Gasteiger partial charge in [-0.3, -0.25) is 4.79 Å². The zero-order valence-corrected chi connectivity index (χ0v) is 10.8. The summed E-state index contributed by atoms with van der Waals surface area (Å²) in [6.07, 6.45) is 3.07. The third-order valence-electron chi connectivity index (χ3n) is 2.42. The van der Waals surface area contributed by atoms with Gasteiger partial charge in [0.05, 0.1) is 6.20 Å². The first kappa shape index (κ1) is 14.1. The van der Waals surface area contributed by atoms with Gasteiger partial charge in [-0.2, -0.15) is 0 Å². The van der Waals surface area contributed by atoms with Crippen molar-refractivity contribution in [2.24, 2.45) is 0 Å². The van der Waals surface area contributed by atoms with Gasteiger partial charge in [0.25, 0.3) is 0 Å². The SMILES string of the molecule is CCCC(C)(C)NC(=O)Cn1cc(C(=O)O)nn1. The van der Waals surface area contributed by atoms with Crippen molar-refractivity contribution in [2.75, 3.05) is 0 Å². The summed E-state index contributed by atoms with van der Waals surface area (Å²) in [5.74, 6) is -1.37. The fourth-order valence-electron chi connectivity index (χ4n) is 1.73. The second kappa shape index (κ2) is 5.61. The van der Waals surface area contributed by atoms with Crippen molar-refractivity contribution in [1.29, 1.82) is 0 Å². The second-order valence-corrected chi connectivity index (χ2v) is 4.79. The van der Waals surface area contributed by atoms with Gasteiger partial charge in [0, 0.05) is 5.54 Å². The molecule has 0 aliphatic carbocycles. The molecule has 0 bridgehead atoms. The van der Waals surface area contributed by atoms with E-state index in [1.807, 2.05) is 20.8 Å². The Labute approximate surface area is 105 Å². The maximum Gasteiger partial charge on any atom is 0.358 e. The van der Waals surface area contributed by atoms with Gasteiger partial charge in [0.1, 0.15) is 6.54 Å². The summed E-state index contributed by atoms with van der Waals surface area (Å²) in [5.41, 5.74) is -0.446. The van der Waals surface area contributed by atoms with E-state index in [2.05, 4.69) is 15.6 Å². The van der Waals surface area contributed by atoms with Crippen LogP contribution in [0, 0.1) is 0 Å². The highest BCUT2D eigenvalue weighted by molar-refractivity contribution is 5.84. The van der Waals surface area contributed by atoms with Crippen LogP contribution in [0.5, 0.6) is 0 Å². The molecule has 2 N–H and O–H groups in total. The van der Waals surface area contributed by atoms with Crippen LogP contribution in [0.4, 0.5) is 0 Å². The minimum atomic E-state index is -1.16. The molecule has 0 spiro atoms. The molecular formula is C11H18N4O3. The number of carbonyl (C=O) groups is 2. The molecule has 0 aromatic carbocycles. The van der Waals surface area contributed by atoms with Crippen molar-refractivity contribution in [3.8, 4) is 0 Å². The third-order valence-corrected chi connectivity index (χ3v) is 2.42. The largest absolute Gasteiger partial charge is 0.476 e. The van der Waals surface area contributed by atoms with Crippen molar-refractivity contribution in [3.05, 3.63) is 11.9 Å². The van der Waals surface area contributed by atoms with E-state index in [4.69, 9.17) is 5.11 Å². The molecule has 100 valence electrons. The van der Waals surface area contributed by atoms with Crippen LogP contribution < -0.4 is 5.32 Å². The van der Waals surface area contributed by atoms with E-state index in [1.165, 1.54) is 10.9 Å². The molecule has 7 nitrogen and oxygen atoms in total. The predicted octanol–water partition coefficient (Wildman–Crippen LogP) is 0.671. The molecule has 0 saturated carbocycles. The molecule has 0 saturated heterocycles. The summed E-state index contributed by atoms with van der Waals surface area (Å²) in [6.45, 7) is 5.90. The van der Waals surface area contributed by atoms with Crippen LogP contribution in [-0.2, 0) is 11.3 Å². The lowest BCUT2D eigenvalue weighted by molar-refractivity contribution is -0.123. The van der Waals surface area contributed by atoms with Crippen LogP contribution in [0.2, 0.25) is 0 Å². The first-order chi connectivity index (χ1) is 8.34. The van der Waals surface area contributed by atoms with E-state index in [0.29, 0.717) is 0 Å². The minimum Gasteiger partial charge on any atom is -0.476 e. The number of nitrogens with one attached hydrogen (secondary N) is 1. The molecule has 1 amide bonds. The number of aromatic carboxylic acids is 1. The summed E-state index contributed by atoms with van der Waals surface area (Å²) in [5, 5.41) is 18.6. The zero-order valence-electron chi connectivity index (χ0n) is 10.8. The standard InChI is InChI=1S/C11H18N4O3/c1-4-5-11(2,3)12-9(16)7-15-6-8(10(17)18)13-14-15/h6H,4-5,7H2,1-3H3,(H,12,16)(H,17,18). The van der Waals surface area contributed by atoms with Gasteiger partial charge < -0.3 is 10.4 Å². The van der Waals surface area contributed by atoms with Crippen molar-refractivity contribution in [2.45, 2.75) is 45.7 Å². The molecular weight excluding hydrogens is 236 g/mol. The first-order valence-corrected chi connectivity index (χ1v) is 5.78. The minimum absolute atomic E-state index is 0.0343. The van der Waals surface area contributed by atoms with Crippen molar-refractivity contribution < 1.29 is 14.7 Å². The lowest BCUT2D eigenvalue weighted by Crippen LogP contribution is -2.44. The fraction of sp³-hybridized carbons (Fsp3) is 0.636. The number of amides is 1. The van der Waals surface area contributed by atoms with Gasteiger partial charge in [-0.15, -0.1) is 5.10 Å². The number of nitrogens with zero attached hydrogens (tertiary/aromatic N) is 3. The van der Waals surface area contributed by atoms with E-state index in [-0.39, 0.29) is 23.7 Å². The predicted molar refractivity (Wildman–Crippen MR) is 64.1 cm³/mol. The summed E-state index contributed by atoms with van der Waals surface area (Å²) in [7, 11) is 0. The molecule has 7 heteroatoms. The van der Waals surface area contributed by atoms with E-state index < -0.39 is 5.97 Å². The summed E-state index contributed by atoms with van der Waals surface area (Å²) in [4.78, 5) is 22.3. The monoisotopic (exact) mass is 254 g/mol. The lowest BCUT2D eigenvalue weighted by atomic mass is 9.99. The number of aromatic nitrogens is 3. The van der Waals surface area contributed by atoms with E-state index in [9.17, 15) is 9.59 Å². The molecule has 1 heterocycles. The van der Waals surface area contributed by atoms with E-state index in [0.717, 1.165) is 12.8 Å². The van der Waals surface area contributed by atoms with Crippen LogP contribution >= 0.6 is 0 Å². The highest BCUT2D eigenvalue weighted by Gasteiger charge is 2.19. The van der Waals surface area contributed by atoms with Crippen molar-refractivity contribution in [1.82, 2.24) is 20.3 Å². The molecule has 1 rings (SSSR count). The van der Waals surface area contributed by atoms with Crippen molar-refractivity contribution >= 4 is 11.9 Å². The quantitative estimate of drug-likeness (QED) is 0.777. The van der Waals surface area contributed by atoms with Crippen molar-refractivity contribution in [3.63, 3.8) is 0 Å². The Hall–Kier alpha value is -1.92. The molecule has 0 fully saturated rings. The third kappa shape index (κ3) is 4.15. The zero-order chi connectivity index (χ0) is 13.8. The maximum absolute atomic E-state index is 11.7. The highest BCUT2D eigenvalue weighted by Crippen LogP contribution is 2.10. The van der Waals surface area contributed by atoms with Gasteiger partial charge >= 0.3 is 5.97 Å². The van der Waals surface area contributed by atoms with Crippen LogP contribution in [0.15, 0.2) is 6.20 Å². The first-order valence-electron chi connectivity index (χ1n) is 5.78. The maximum atomic E-state index is 11.7. The summed E-state index contributed by atoms with van der Waals surface area (Å²) >= 11 is 0. The lowest BCUT2D eigenvalue weighted by Gasteiger charge is -2.25. The smallest absolute Gasteiger partial charge is 0.358 e. The molecule has 0 aliphatic rings. The highest BCUT2D eigenvalue weighted by atomic mass is 16.4. The number of hydrogen-bond acceptors (Lipinski definition) is 4. The number of rotatable bonds is 6. The Bertz CT molecular complexity index is 439. The topological polar surface area (TPSA) is 97.1 Å². The number of carboxylic acids is 1. The summed E-state index contributed by atoms with van der Waals surface area (Å²) in [6, 6.07) is 0. The molecule has 0 aliphatic heterocycles. The van der Waals surface area contributed by atoms with Gasteiger partial charge in [0.2, 0.25) is 5.91 Å². The molecule has 0 atom stereocenters. The van der Waals surface area contributed by atoms with E-state index >= 15 is 0 Å². The Morgan fingerprint density at radius 2 is 2.17 bits per heavy atom. The van der Waals surface area contributed by atoms with Crippen LogP contribution in [0.25, 0.3) is 0 Å². The summed E-state index contributed by atoms with van der Waals surface area (Å²) < 4.78 is 1.21. The average molecular weight is 254 g/mol. The molecule has 18 heavy (non-hydrogen) atoms. The molecule has 0 unspecified atom stereocenters. The Morgan fingerprint density at radius 3 is 2.67 bits per heavy atom. The molecule has 1 aromatic rings. The molecule has 0 radical (unpaired) electrons. The Balaban J connectivity index is 2.56. The normalized spacial score (nSPS) is 11.3. The Morgan fingerprint density at radius 1 is 1.50 bits per heavy atom. The Kier molecular flexibility index (Phi) is 4.41. The van der Waals surface area contributed by atoms with Crippen LogP contribution in [-0.4, -0.2) is 37.5 Å². The average Bonchev–Trinajstić information content (AvgIpc) is 2.64. The van der Waals surface area contributed by atoms with Gasteiger partial charge in [-0.05, 0) is 20.3 Å². The number of carboxylic acid groups (broad SMARTS) is 1. The fourth-order valence-corrected chi connectivity index (χ4v) is 1.73. The molecule has 1 aromatic heterocycles. The number of hydrogen-bond donors (Lipinski definition) is 2. The van der Waals surface area contributed by atoms with Gasteiger partial charge in [0.15, 0.2) is 5.69 Å².